The van der Waals surface area contributed by atoms with Gasteiger partial charge in [0.2, 0.25) is 0 Å². The number of rotatable bonds is 5. The zero-order chi connectivity index (χ0) is 15.6. The standard InChI is InChI=1S/C19H33NO/c1-13-8-7-9-17(16(13)4)20-14(2)12-19(5,6)18-11-10-15(3)21-18/h10-11,13-14,16-17,20H,7-9,12H2,1-6H3/t13-,14-,16+,17+/m1/s1. The molecule has 2 rings (SSSR count). The Morgan fingerprint density at radius 1 is 1.29 bits per heavy atom. The van der Waals surface area contributed by atoms with Gasteiger partial charge in [0, 0.05) is 17.5 Å². The van der Waals surface area contributed by atoms with E-state index in [0.29, 0.717) is 12.1 Å². The number of hydrogen-bond acceptors (Lipinski definition) is 2. The van der Waals surface area contributed by atoms with Crippen molar-refractivity contribution in [1.29, 1.82) is 0 Å². The van der Waals surface area contributed by atoms with Crippen LogP contribution in [-0.2, 0) is 5.41 Å². The summed E-state index contributed by atoms with van der Waals surface area (Å²) in [5, 5.41) is 3.89. The van der Waals surface area contributed by atoms with Crippen molar-refractivity contribution in [3.05, 3.63) is 23.7 Å². The summed E-state index contributed by atoms with van der Waals surface area (Å²) in [6, 6.07) is 5.40. The van der Waals surface area contributed by atoms with E-state index in [0.717, 1.165) is 29.8 Å². The molecule has 21 heavy (non-hydrogen) atoms. The normalized spacial score (nSPS) is 28.6. The summed E-state index contributed by atoms with van der Waals surface area (Å²) in [4.78, 5) is 0. The van der Waals surface area contributed by atoms with Crippen LogP contribution in [0.3, 0.4) is 0 Å². The second-order valence-corrected chi connectivity index (χ2v) is 7.94. The van der Waals surface area contributed by atoms with Crippen molar-refractivity contribution in [1.82, 2.24) is 5.32 Å². The van der Waals surface area contributed by atoms with Gasteiger partial charge in [-0.25, -0.2) is 0 Å². The summed E-state index contributed by atoms with van der Waals surface area (Å²) in [5.41, 5.74) is 0.0875. The fourth-order valence-electron chi connectivity index (χ4n) is 3.91. The molecule has 0 unspecified atom stereocenters. The molecular weight excluding hydrogens is 258 g/mol. The summed E-state index contributed by atoms with van der Waals surface area (Å²) in [5.74, 6) is 3.76. The van der Waals surface area contributed by atoms with Crippen LogP contribution < -0.4 is 5.32 Å². The van der Waals surface area contributed by atoms with Crippen molar-refractivity contribution in [2.45, 2.75) is 84.7 Å². The first-order chi connectivity index (χ1) is 9.79. The lowest BCUT2D eigenvalue weighted by molar-refractivity contribution is 0.186. The minimum absolute atomic E-state index is 0.0875. The van der Waals surface area contributed by atoms with Gasteiger partial charge < -0.3 is 9.73 Å². The van der Waals surface area contributed by atoms with Crippen LogP contribution in [0.4, 0.5) is 0 Å². The number of aryl methyl sites for hydroxylation is 1. The molecule has 1 N–H and O–H groups in total. The number of furan rings is 1. The molecule has 2 heteroatoms. The van der Waals surface area contributed by atoms with Crippen LogP contribution in [0.5, 0.6) is 0 Å². The SMILES string of the molecule is Cc1ccc(C(C)(C)C[C@@H](C)N[C@H]2CCC[C@@H](C)[C@@H]2C)o1. The molecule has 1 aromatic heterocycles. The van der Waals surface area contributed by atoms with E-state index in [2.05, 4.69) is 52.1 Å². The number of hydrogen-bond donors (Lipinski definition) is 1. The third-order valence-electron chi connectivity index (χ3n) is 5.43. The molecule has 120 valence electrons. The highest BCUT2D eigenvalue weighted by atomic mass is 16.3. The maximum absolute atomic E-state index is 5.85. The van der Waals surface area contributed by atoms with Crippen molar-refractivity contribution in [3.63, 3.8) is 0 Å². The average Bonchev–Trinajstić information content (AvgIpc) is 2.82. The lowest BCUT2D eigenvalue weighted by Crippen LogP contribution is -2.46. The third-order valence-corrected chi connectivity index (χ3v) is 5.43. The van der Waals surface area contributed by atoms with Gasteiger partial charge in [-0.2, -0.15) is 0 Å². The third kappa shape index (κ3) is 4.12. The number of nitrogens with one attached hydrogen (secondary N) is 1. The molecule has 0 spiro atoms. The summed E-state index contributed by atoms with van der Waals surface area (Å²) in [6.07, 6.45) is 5.20. The Labute approximate surface area is 130 Å². The van der Waals surface area contributed by atoms with Crippen molar-refractivity contribution >= 4 is 0 Å². The van der Waals surface area contributed by atoms with E-state index in [1.54, 1.807) is 0 Å². The minimum Gasteiger partial charge on any atom is -0.466 e. The van der Waals surface area contributed by atoms with Gasteiger partial charge in [-0.05, 0) is 50.7 Å². The van der Waals surface area contributed by atoms with E-state index >= 15 is 0 Å². The molecule has 1 fully saturated rings. The van der Waals surface area contributed by atoms with Gasteiger partial charge in [0.15, 0.2) is 0 Å². The predicted octanol–water partition coefficient (Wildman–Crippen LogP) is 5.06. The molecule has 0 aromatic carbocycles. The quantitative estimate of drug-likeness (QED) is 0.820. The van der Waals surface area contributed by atoms with Crippen LogP contribution in [0.15, 0.2) is 16.5 Å². The maximum atomic E-state index is 5.85. The highest BCUT2D eigenvalue weighted by Crippen LogP contribution is 2.32. The zero-order valence-corrected chi connectivity index (χ0v) is 14.7. The van der Waals surface area contributed by atoms with Gasteiger partial charge in [-0.15, -0.1) is 0 Å². The van der Waals surface area contributed by atoms with Crippen molar-refractivity contribution in [3.8, 4) is 0 Å². The Morgan fingerprint density at radius 3 is 2.62 bits per heavy atom. The molecule has 2 nitrogen and oxygen atoms in total. The van der Waals surface area contributed by atoms with Gasteiger partial charge >= 0.3 is 0 Å². The molecule has 1 saturated carbocycles. The molecule has 1 aliphatic rings. The Hall–Kier alpha value is -0.760. The van der Waals surface area contributed by atoms with E-state index in [9.17, 15) is 0 Å². The summed E-state index contributed by atoms with van der Waals surface area (Å²) >= 11 is 0. The molecule has 0 saturated heterocycles. The molecule has 0 bridgehead atoms. The lowest BCUT2D eigenvalue weighted by atomic mass is 9.77. The van der Waals surface area contributed by atoms with Crippen LogP contribution in [0.1, 0.15) is 71.8 Å². The minimum atomic E-state index is 0.0875. The van der Waals surface area contributed by atoms with Gasteiger partial charge in [0.05, 0.1) is 0 Å². The van der Waals surface area contributed by atoms with Crippen molar-refractivity contribution in [2.24, 2.45) is 11.8 Å². The van der Waals surface area contributed by atoms with Gasteiger partial charge in [-0.1, -0.05) is 40.5 Å². The molecule has 4 atom stereocenters. The monoisotopic (exact) mass is 291 g/mol. The highest BCUT2D eigenvalue weighted by Gasteiger charge is 2.31. The van der Waals surface area contributed by atoms with Crippen LogP contribution in [0.25, 0.3) is 0 Å². The van der Waals surface area contributed by atoms with Crippen LogP contribution >= 0.6 is 0 Å². The fourth-order valence-corrected chi connectivity index (χ4v) is 3.91. The molecule has 1 aliphatic carbocycles. The Kier molecular flexibility index (Phi) is 5.19. The Bertz CT molecular complexity index is 448. The van der Waals surface area contributed by atoms with E-state index in [1.165, 1.54) is 19.3 Å². The lowest BCUT2D eigenvalue weighted by Gasteiger charge is -2.38. The summed E-state index contributed by atoms with van der Waals surface area (Å²) in [6.45, 7) is 13.7. The van der Waals surface area contributed by atoms with Crippen LogP contribution in [0.2, 0.25) is 0 Å². The first-order valence-corrected chi connectivity index (χ1v) is 8.62. The van der Waals surface area contributed by atoms with Crippen molar-refractivity contribution < 1.29 is 4.42 Å². The van der Waals surface area contributed by atoms with Gasteiger partial charge in [0.25, 0.3) is 0 Å². The molecule has 0 radical (unpaired) electrons. The first kappa shape index (κ1) is 16.6. The highest BCUT2D eigenvalue weighted by molar-refractivity contribution is 5.15. The van der Waals surface area contributed by atoms with E-state index in [4.69, 9.17) is 4.42 Å². The molecule has 0 amide bonds. The largest absolute Gasteiger partial charge is 0.466 e. The smallest absolute Gasteiger partial charge is 0.109 e. The topological polar surface area (TPSA) is 25.2 Å². The van der Waals surface area contributed by atoms with Crippen LogP contribution in [-0.4, -0.2) is 12.1 Å². The average molecular weight is 291 g/mol. The fraction of sp³-hybridized carbons (Fsp3) is 0.789. The van der Waals surface area contributed by atoms with Crippen LogP contribution in [0, 0.1) is 18.8 Å². The molecule has 0 aliphatic heterocycles. The maximum Gasteiger partial charge on any atom is 0.109 e. The van der Waals surface area contributed by atoms with Gasteiger partial charge in [-0.3, -0.25) is 0 Å². The summed E-state index contributed by atoms with van der Waals surface area (Å²) in [7, 11) is 0. The van der Waals surface area contributed by atoms with E-state index < -0.39 is 0 Å². The Balaban J connectivity index is 1.93. The molecular formula is C19H33NO. The molecule has 1 aromatic rings. The first-order valence-electron chi connectivity index (χ1n) is 8.62. The zero-order valence-electron chi connectivity index (χ0n) is 14.7. The Morgan fingerprint density at radius 2 is 2.00 bits per heavy atom. The van der Waals surface area contributed by atoms with Crippen molar-refractivity contribution in [2.75, 3.05) is 0 Å². The van der Waals surface area contributed by atoms with E-state index in [-0.39, 0.29) is 5.41 Å². The second kappa shape index (κ2) is 6.56. The van der Waals surface area contributed by atoms with E-state index in [1.807, 2.05) is 6.92 Å². The second-order valence-electron chi connectivity index (χ2n) is 7.94. The van der Waals surface area contributed by atoms with Gasteiger partial charge in [0.1, 0.15) is 11.5 Å². The predicted molar refractivity (Wildman–Crippen MR) is 89.7 cm³/mol. The summed E-state index contributed by atoms with van der Waals surface area (Å²) < 4.78 is 5.85. The molecule has 1 heterocycles.